The first kappa shape index (κ1) is 21.6. The number of carbonyl (C=O) groups excluding carboxylic acids is 1. The number of esters is 1. The third kappa shape index (κ3) is 4.26. The lowest BCUT2D eigenvalue weighted by atomic mass is 9.79. The summed E-state index contributed by atoms with van der Waals surface area (Å²) in [5.74, 6) is 0.611. The number of nitrogens with zero attached hydrogens (tertiary/aromatic N) is 3. The highest BCUT2D eigenvalue weighted by atomic mass is 32.2. The van der Waals surface area contributed by atoms with Gasteiger partial charge in [-0.25, -0.2) is 14.8 Å². The fourth-order valence-electron chi connectivity index (χ4n) is 4.52. The molecule has 162 valence electrons. The van der Waals surface area contributed by atoms with Gasteiger partial charge >= 0.3 is 5.97 Å². The topological polar surface area (TPSA) is 54.3 Å². The second-order valence-corrected chi connectivity index (χ2v) is 8.84. The molecule has 1 fully saturated rings. The van der Waals surface area contributed by atoms with Crippen LogP contribution in [0.5, 0.6) is 0 Å². The summed E-state index contributed by atoms with van der Waals surface area (Å²) in [4.78, 5) is 24.5. The Morgan fingerprint density at radius 3 is 2.55 bits per heavy atom. The summed E-state index contributed by atoms with van der Waals surface area (Å²) in [6.45, 7) is 4.28. The number of thioether (sulfide) groups is 1. The highest BCUT2D eigenvalue weighted by molar-refractivity contribution is 8.13. The van der Waals surface area contributed by atoms with Crippen LogP contribution in [0.25, 0.3) is 0 Å². The lowest BCUT2D eigenvalue weighted by Crippen LogP contribution is -2.52. The molecule has 1 heterocycles. The Morgan fingerprint density at radius 1 is 1.16 bits per heavy atom. The minimum Gasteiger partial charge on any atom is -0.462 e. The van der Waals surface area contributed by atoms with Gasteiger partial charge in [-0.1, -0.05) is 43.2 Å². The molecule has 31 heavy (non-hydrogen) atoms. The van der Waals surface area contributed by atoms with Crippen LogP contribution < -0.4 is 4.90 Å². The summed E-state index contributed by atoms with van der Waals surface area (Å²) < 4.78 is 5.14. The Hall–Kier alpha value is -2.60. The smallest absolute Gasteiger partial charge is 0.338 e. The molecule has 0 bridgehead atoms. The van der Waals surface area contributed by atoms with Gasteiger partial charge in [0.25, 0.3) is 0 Å². The molecule has 0 aromatic heterocycles. The largest absolute Gasteiger partial charge is 0.462 e. The fraction of sp³-hybridized carbons (Fsp3) is 0.400. The molecule has 2 aromatic rings. The quantitative estimate of drug-likeness (QED) is 0.541. The van der Waals surface area contributed by atoms with E-state index < -0.39 is 0 Å². The van der Waals surface area contributed by atoms with Crippen molar-refractivity contribution in [3.05, 3.63) is 59.7 Å². The maximum atomic E-state index is 12.1. The Balaban J connectivity index is 1.76. The zero-order chi connectivity index (χ0) is 21.8. The first-order valence-electron chi connectivity index (χ1n) is 10.9. The number of anilines is 1. The van der Waals surface area contributed by atoms with Crippen molar-refractivity contribution in [3.8, 4) is 0 Å². The summed E-state index contributed by atoms with van der Waals surface area (Å²) in [7, 11) is 0. The van der Waals surface area contributed by atoms with Crippen LogP contribution in [0.15, 0.2) is 58.5 Å². The molecular weight excluding hydrogens is 406 g/mol. The highest BCUT2D eigenvalue weighted by Gasteiger charge is 2.49. The predicted octanol–water partition coefficient (Wildman–Crippen LogP) is 6.14. The monoisotopic (exact) mass is 435 g/mol. The molecule has 0 N–H and O–H groups in total. The summed E-state index contributed by atoms with van der Waals surface area (Å²) in [6.07, 6.45) is 7.65. The Bertz CT molecular complexity index is 1010. The summed E-state index contributed by atoms with van der Waals surface area (Å²) in [5, 5.41) is 0.956. The molecule has 0 saturated heterocycles. The molecular formula is C25H29N3O2S. The molecule has 1 spiro atoms. The van der Waals surface area contributed by atoms with Crippen LogP contribution in [0.4, 0.5) is 11.4 Å². The molecule has 2 aromatic carbocycles. The molecule has 4 rings (SSSR count). The van der Waals surface area contributed by atoms with Gasteiger partial charge in [0.2, 0.25) is 0 Å². The Kier molecular flexibility index (Phi) is 6.46. The lowest BCUT2D eigenvalue weighted by Gasteiger charge is -2.42. The van der Waals surface area contributed by atoms with Crippen LogP contribution >= 0.6 is 11.8 Å². The normalized spacial score (nSPS) is 19.0. The second-order valence-electron chi connectivity index (χ2n) is 8.07. The SMILES string of the molecule is CCOC(=O)c1ccc(N2C(SC)=NC(=Nc3cccc(C)c3)C23CCCCC3)cc1. The minimum atomic E-state index is -0.289. The molecule has 2 aliphatic rings. The zero-order valence-electron chi connectivity index (χ0n) is 18.4. The molecule has 1 aliphatic carbocycles. The number of hydrogen-bond acceptors (Lipinski definition) is 5. The van der Waals surface area contributed by atoms with Crippen LogP contribution in [0.3, 0.4) is 0 Å². The van der Waals surface area contributed by atoms with Crippen molar-refractivity contribution in [1.29, 1.82) is 0 Å². The van der Waals surface area contributed by atoms with Crippen LogP contribution in [-0.4, -0.2) is 35.4 Å². The molecule has 0 atom stereocenters. The lowest BCUT2D eigenvalue weighted by molar-refractivity contribution is 0.0526. The minimum absolute atomic E-state index is 0.244. The molecule has 1 saturated carbocycles. The van der Waals surface area contributed by atoms with Crippen LogP contribution in [-0.2, 0) is 4.74 Å². The molecule has 0 unspecified atom stereocenters. The van der Waals surface area contributed by atoms with E-state index in [4.69, 9.17) is 14.7 Å². The van der Waals surface area contributed by atoms with Gasteiger partial charge in [-0.2, -0.15) is 0 Å². The van der Waals surface area contributed by atoms with Gasteiger partial charge in [-0.3, -0.25) is 0 Å². The van der Waals surface area contributed by atoms with Crippen molar-refractivity contribution in [2.75, 3.05) is 17.8 Å². The van der Waals surface area contributed by atoms with Gasteiger partial charge in [0.05, 0.1) is 17.9 Å². The van der Waals surface area contributed by atoms with E-state index in [1.165, 1.54) is 12.0 Å². The number of carbonyl (C=O) groups is 1. The van der Waals surface area contributed by atoms with Crippen molar-refractivity contribution >= 4 is 40.1 Å². The second kappa shape index (κ2) is 9.27. The number of benzene rings is 2. The van der Waals surface area contributed by atoms with Gasteiger partial charge in [-0.15, -0.1) is 0 Å². The first-order chi connectivity index (χ1) is 15.1. The number of ether oxygens (including phenoxy) is 1. The number of hydrogen-bond donors (Lipinski definition) is 0. The standard InChI is InChI=1S/C25H29N3O2S/c1-4-30-22(29)19-11-13-21(14-12-19)28-24(31-3)27-23(25(28)15-6-5-7-16-25)26-20-10-8-9-18(2)17-20/h8-14,17H,4-7,15-16H2,1-3H3. The van der Waals surface area contributed by atoms with Crippen molar-refractivity contribution in [2.45, 2.75) is 51.5 Å². The average Bonchev–Trinajstić information content (AvgIpc) is 3.07. The number of aliphatic imine (C=N–C) groups is 2. The number of aryl methyl sites for hydroxylation is 1. The highest BCUT2D eigenvalue weighted by Crippen LogP contribution is 2.44. The van der Waals surface area contributed by atoms with Crippen LogP contribution in [0.2, 0.25) is 0 Å². The molecule has 0 radical (unpaired) electrons. The van der Waals surface area contributed by atoms with E-state index in [1.54, 1.807) is 11.8 Å². The predicted molar refractivity (Wildman–Crippen MR) is 130 cm³/mol. The molecule has 0 amide bonds. The van der Waals surface area contributed by atoms with Crippen molar-refractivity contribution in [1.82, 2.24) is 0 Å². The van der Waals surface area contributed by atoms with E-state index in [1.807, 2.05) is 43.3 Å². The van der Waals surface area contributed by atoms with E-state index in [-0.39, 0.29) is 11.5 Å². The van der Waals surface area contributed by atoms with Gasteiger partial charge in [0.1, 0.15) is 5.54 Å². The van der Waals surface area contributed by atoms with E-state index in [9.17, 15) is 4.79 Å². The maximum Gasteiger partial charge on any atom is 0.338 e. The third-order valence-corrected chi connectivity index (χ3v) is 6.61. The maximum absolute atomic E-state index is 12.1. The van der Waals surface area contributed by atoms with E-state index in [0.29, 0.717) is 12.2 Å². The number of rotatable bonds is 4. The summed E-state index contributed by atoms with van der Waals surface area (Å²) >= 11 is 1.64. The van der Waals surface area contributed by atoms with Gasteiger partial charge in [0, 0.05) is 5.69 Å². The molecule has 5 nitrogen and oxygen atoms in total. The Labute approximate surface area is 188 Å². The van der Waals surface area contributed by atoms with Gasteiger partial charge in [0.15, 0.2) is 11.0 Å². The third-order valence-electron chi connectivity index (χ3n) is 5.97. The van der Waals surface area contributed by atoms with Crippen LogP contribution in [0.1, 0.15) is 54.9 Å². The van der Waals surface area contributed by atoms with Crippen LogP contribution in [0, 0.1) is 6.92 Å². The van der Waals surface area contributed by atoms with E-state index in [0.717, 1.165) is 48.1 Å². The molecule has 1 aliphatic heterocycles. The van der Waals surface area contributed by atoms with Crippen molar-refractivity contribution in [3.63, 3.8) is 0 Å². The number of amidine groups is 2. The van der Waals surface area contributed by atoms with E-state index >= 15 is 0 Å². The Morgan fingerprint density at radius 2 is 1.90 bits per heavy atom. The fourth-order valence-corrected chi connectivity index (χ4v) is 5.16. The first-order valence-corrected chi connectivity index (χ1v) is 12.2. The van der Waals surface area contributed by atoms with E-state index in [2.05, 4.69) is 30.2 Å². The van der Waals surface area contributed by atoms with Gasteiger partial charge < -0.3 is 9.64 Å². The van der Waals surface area contributed by atoms with Crippen molar-refractivity contribution < 1.29 is 9.53 Å². The van der Waals surface area contributed by atoms with Gasteiger partial charge in [-0.05, 0) is 74.9 Å². The average molecular weight is 436 g/mol. The van der Waals surface area contributed by atoms with Crippen molar-refractivity contribution in [2.24, 2.45) is 9.98 Å². The summed E-state index contributed by atoms with van der Waals surface area (Å²) in [5.41, 5.74) is 3.50. The summed E-state index contributed by atoms with van der Waals surface area (Å²) in [6, 6.07) is 16.0. The zero-order valence-corrected chi connectivity index (χ0v) is 19.2. The molecule has 6 heteroatoms.